The van der Waals surface area contributed by atoms with Gasteiger partial charge in [-0.05, 0) is 30.2 Å². The van der Waals surface area contributed by atoms with Crippen molar-refractivity contribution >= 4 is 29.3 Å². The maximum absolute atomic E-state index is 10.5. The number of aryl methyl sites for hydroxylation is 1. The van der Waals surface area contributed by atoms with Crippen LogP contribution in [0.5, 0.6) is 0 Å². The molecule has 0 spiro atoms. The maximum Gasteiger partial charge on any atom is 0.356 e. The van der Waals surface area contributed by atoms with Gasteiger partial charge >= 0.3 is 5.97 Å². The van der Waals surface area contributed by atoms with Crippen LogP contribution >= 0.6 is 23.3 Å². The van der Waals surface area contributed by atoms with Gasteiger partial charge in [-0.15, -0.1) is 0 Å². The summed E-state index contributed by atoms with van der Waals surface area (Å²) in [5, 5.41) is 9.24. The molecule has 0 unspecified atom stereocenters. The number of aromatic nitrogens is 4. The van der Waals surface area contributed by atoms with Crippen LogP contribution in [0, 0.1) is 6.92 Å². The molecule has 0 aliphatic rings. The first-order valence-electron chi connectivity index (χ1n) is 4.18. The standard InChI is InChI=1S/C8H6N4O2S2/c1-4-11-8(16-12-4)15-6-3-9-5(2-10-6)7(13)14/h2-3H,1H3,(H,13,14). The molecule has 0 aliphatic heterocycles. The highest BCUT2D eigenvalue weighted by Crippen LogP contribution is 2.26. The SMILES string of the molecule is Cc1nsc(Sc2cnc(C(=O)O)cn2)n1. The first-order chi connectivity index (χ1) is 7.65. The average molecular weight is 254 g/mol. The minimum absolute atomic E-state index is 0.0715. The number of carboxylic acid groups (broad SMARTS) is 1. The van der Waals surface area contributed by atoms with Gasteiger partial charge in [0.2, 0.25) is 0 Å². The summed E-state index contributed by atoms with van der Waals surface area (Å²) >= 11 is 2.58. The summed E-state index contributed by atoms with van der Waals surface area (Å²) in [7, 11) is 0. The van der Waals surface area contributed by atoms with Gasteiger partial charge in [0.1, 0.15) is 10.9 Å². The molecule has 2 aromatic heterocycles. The fourth-order valence-corrected chi connectivity index (χ4v) is 2.40. The molecule has 0 amide bonds. The fraction of sp³-hybridized carbons (Fsp3) is 0.125. The Bertz CT molecular complexity index is 511. The van der Waals surface area contributed by atoms with E-state index in [2.05, 4.69) is 19.3 Å². The normalized spacial score (nSPS) is 10.3. The molecule has 0 atom stereocenters. The molecule has 0 saturated heterocycles. The number of carbonyl (C=O) groups is 1. The number of aromatic carboxylic acids is 1. The van der Waals surface area contributed by atoms with Crippen LogP contribution < -0.4 is 0 Å². The van der Waals surface area contributed by atoms with Gasteiger partial charge in [-0.2, -0.15) is 4.37 Å². The Balaban J connectivity index is 2.14. The van der Waals surface area contributed by atoms with E-state index in [1.54, 1.807) is 6.92 Å². The number of rotatable bonds is 3. The lowest BCUT2D eigenvalue weighted by molar-refractivity contribution is 0.0689. The van der Waals surface area contributed by atoms with Crippen molar-refractivity contribution in [2.45, 2.75) is 16.3 Å². The first-order valence-corrected chi connectivity index (χ1v) is 5.77. The molecule has 6 nitrogen and oxygen atoms in total. The number of hydrogen-bond donors (Lipinski definition) is 1. The topological polar surface area (TPSA) is 88.9 Å². The second kappa shape index (κ2) is 4.54. The van der Waals surface area contributed by atoms with E-state index in [0.29, 0.717) is 10.9 Å². The monoisotopic (exact) mass is 254 g/mol. The Morgan fingerprint density at radius 2 is 2.25 bits per heavy atom. The van der Waals surface area contributed by atoms with Gasteiger partial charge in [0.15, 0.2) is 10.0 Å². The highest BCUT2D eigenvalue weighted by Gasteiger charge is 2.07. The predicted octanol–water partition coefficient (Wildman–Crippen LogP) is 1.49. The zero-order valence-electron chi connectivity index (χ0n) is 8.12. The van der Waals surface area contributed by atoms with E-state index in [4.69, 9.17) is 5.11 Å². The molecule has 16 heavy (non-hydrogen) atoms. The zero-order valence-corrected chi connectivity index (χ0v) is 9.75. The summed E-state index contributed by atoms with van der Waals surface area (Å²) in [5.41, 5.74) is -0.0715. The average Bonchev–Trinajstić information content (AvgIpc) is 2.65. The molecule has 1 N–H and O–H groups in total. The van der Waals surface area contributed by atoms with Gasteiger partial charge in [-0.1, -0.05) is 0 Å². The van der Waals surface area contributed by atoms with Crippen LogP contribution in [0.15, 0.2) is 21.8 Å². The molecule has 0 saturated carbocycles. The lowest BCUT2D eigenvalue weighted by Gasteiger charge is -1.96. The lowest BCUT2D eigenvalue weighted by atomic mass is 10.5. The third kappa shape index (κ3) is 2.52. The van der Waals surface area contributed by atoms with Crippen LogP contribution in [-0.4, -0.2) is 30.4 Å². The Labute approximate surface area is 99.0 Å². The lowest BCUT2D eigenvalue weighted by Crippen LogP contribution is -2.00. The Morgan fingerprint density at radius 3 is 2.75 bits per heavy atom. The van der Waals surface area contributed by atoms with E-state index in [9.17, 15) is 4.79 Å². The Morgan fingerprint density at radius 1 is 1.44 bits per heavy atom. The van der Waals surface area contributed by atoms with E-state index < -0.39 is 5.97 Å². The van der Waals surface area contributed by atoms with Gasteiger partial charge < -0.3 is 5.11 Å². The zero-order chi connectivity index (χ0) is 11.5. The van der Waals surface area contributed by atoms with Crippen LogP contribution in [0.3, 0.4) is 0 Å². The first kappa shape index (κ1) is 11.0. The van der Waals surface area contributed by atoms with Crippen LogP contribution in [-0.2, 0) is 0 Å². The molecule has 0 aliphatic carbocycles. The van der Waals surface area contributed by atoms with Crippen LogP contribution in [0.2, 0.25) is 0 Å². The number of hydrogen-bond acceptors (Lipinski definition) is 7. The van der Waals surface area contributed by atoms with E-state index >= 15 is 0 Å². The van der Waals surface area contributed by atoms with Crippen LogP contribution in [0.25, 0.3) is 0 Å². The summed E-state index contributed by atoms with van der Waals surface area (Å²) < 4.78 is 4.79. The van der Waals surface area contributed by atoms with Gasteiger partial charge in [0.05, 0.1) is 12.4 Å². The van der Waals surface area contributed by atoms with Crippen molar-refractivity contribution in [1.29, 1.82) is 0 Å². The minimum Gasteiger partial charge on any atom is -0.476 e. The van der Waals surface area contributed by atoms with Gasteiger partial charge in [0, 0.05) is 0 Å². The quantitative estimate of drug-likeness (QED) is 0.887. The predicted molar refractivity (Wildman–Crippen MR) is 57.8 cm³/mol. The van der Waals surface area contributed by atoms with Crippen molar-refractivity contribution in [1.82, 2.24) is 19.3 Å². The molecule has 2 aromatic rings. The van der Waals surface area contributed by atoms with Crippen molar-refractivity contribution in [2.75, 3.05) is 0 Å². The summed E-state index contributed by atoms with van der Waals surface area (Å²) in [6.45, 7) is 1.81. The fourth-order valence-electron chi connectivity index (χ4n) is 0.888. The number of carboxylic acids is 1. The summed E-state index contributed by atoms with van der Waals surface area (Å²) in [6.07, 6.45) is 2.63. The van der Waals surface area contributed by atoms with Crippen molar-refractivity contribution in [3.05, 3.63) is 23.9 Å². The van der Waals surface area contributed by atoms with E-state index in [1.807, 2.05) is 0 Å². The highest BCUT2D eigenvalue weighted by molar-refractivity contribution is 8.00. The third-order valence-electron chi connectivity index (χ3n) is 1.55. The third-order valence-corrected chi connectivity index (χ3v) is 3.31. The number of nitrogens with zero attached hydrogens (tertiary/aromatic N) is 4. The molecular weight excluding hydrogens is 248 g/mol. The highest BCUT2D eigenvalue weighted by atomic mass is 32.2. The summed E-state index contributed by atoms with van der Waals surface area (Å²) in [4.78, 5) is 22.4. The van der Waals surface area contributed by atoms with E-state index in [0.717, 1.165) is 4.34 Å². The van der Waals surface area contributed by atoms with Crippen molar-refractivity contribution < 1.29 is 9.90 Å². The summed E-state index contributed by atoms with van der Waals surface area (Å²) in [6, 6.07) is 0. The second-order valence-corrected chi connectivity index (χ2v) is 4.77. The smallest absolute Gasteiger partial charge is 0.356 e. The second-order valence-electron chi connectivity index (χ2n) is 2.75. The molecule has 2 rings (SSSR count). The largest absolute Gasteiger partial charge is 0.476 e. The van der Waals surface area contributed by atoms with Crippen molar-refractivity contribution in [2.24, 2.45) is 0 Å². The molecule has 8 heteroatoms. The van der Waals surface area contributed by atoms with Gasteiger partial charge in [-0.3, -0.25) is 0 Å². The molecular formula is C8H6N4O2S2. The molecule has 0 fully saturated rings. The van der Waals surface area contributed by atoms with Crippen LogP contribution in [0.1, 0.15) is 16.3 Å². The van der Waals surface area contributed by atoms with E-state index in [1.165, 1.54) is 35.7 Å². The molecule has 2 heterocycles. The Kier molecular flexibility index (Phi) is 3.11. The van der Waals surface area contributed by atoms with Gasteiger partial charge in [0.25, 0.3) is 0 Å². The van der Waals surface area contributed by atoms with E-state index in [-0.39, 0.29) is 5.69 Å². The van der Waals surface area contributed by atoms with Crippen molar-refractivity contribution in [3.8, 4) is 0 Å². The summed E-state index contributed by atoms with van der Waals surface area (Å²) in [5.74, 6) is -0.376. The Hall–Kier alpha value is -1.54. The van der Waals surface area contributed by atoms with Crippen molar-refractivity contribution in [3.63, 3.8) is 0 Å². The molecule has 0 aromatic carbocycles. The molecule has 0 radical (unpaired) electrons. The molecule has 0 bridgehead atoms. The molecule has 82 valence electrons. The van der Waals surface area contributed by atoms with Gasteiger partial charge in [-0.25, -0.2) is 19.7 Å². The maximum atomic E-state index is 10.5. The minimum atomic E-state index is -1.09. The van der Waals surface area contributed by atoms with Crippen LogP contribution in [0.4, 0.5) is 0 Å².